The third kappa shape index (κ3) is 4.00. The van der Waals surface area contributed by atoms with E-state index in [9.17, 15) is 4.79 Å². The van der Waals surface area contributed by atoms with Gasteiger partial charge in [0.15, 0.2) is 5.78 Å². The predicted octanol–water partition coefficient (Wildman–Crippen LogP) is 4.22. The minimum Gasteiger partial charge on any atom is -0.497 e. The van der Waals surface area contributed by atoms with E-state index < -0.39 is 0 Å². The summed E-state index contributed by atoms with van der Waals surface area (Å²) in [6.07, 6.45) is 0. The number of thioether (sulfide) groups is 1. The molecular formula is C19H17N5O2S2. The fourth-order valence-electron chi connectivity index (χ4n) is 2.49. The predicted molar refractivity (Wildman–Crippen MR) is 111 cm³/mol. The highest BCUT2D eigenvalue weighted by Gasteiger charge is 2.15. The van der Waals surface area contributed by atoms with Gasteiger partial charge in [-0.15, -0.1) is 15.3 Å². The molecule has 0 bridgehead atoms. The molecular weight excluding hydrogens is 394 g/mol. The van der Waals surface area contributed by atoms with Gasteiger partial charge in [0.25, 0.3) is 0 Å². The van der Waals surface area contributed by atoms with Gasteiger partial charge in [-0.1, -0.05) is 52.9 Å². The lowest BCUT2D eigenvalue weighted by Crippen LogP contribution is -2.03. The topological polar surface area (TPSA) is 81.4 Å². The summed E-state index contributed by atoms with van der Waals surface area (Å²) in [6.45, 7) is 2.00. The molecule has 0 atom stereocenters. The monoisotopic (exact) mass is 411 g/mol. The van der Waals surface area contributed by atoms with Crippen molar-refractivity contribution < 1.29 is 9.53 Å². The molecule has 2 heterocycles. The number of anilines is 2. The number of aryl methyl sites for hydroxylation is 1. The molecule has 7 nitrogen and oxygen atoms in total. The van der Waals surface area contributed by atoms with Gasteiger partial charge in [0, 0.05) is 11.3 Å². The lowest BCUT2D eigenvalue weighted by Gasteiger charge is -2.03. The van der Waals surface area contributed by atoms with Crippen LogP contribution >= 0.6 is 23.1 Å². The van der Waals surface area contributed by atoms with Gasteiger partial charge < -0.3 is 10.1 Å². The number of hydrogen-bond donors (Lipinski definition) is 1. The molecule has 4 rings (SSSR count). The first kappa shape index (κ1) is 18.5. The number of ketones is 1. The summed E-state index contributed by atoms with van der Waals surface area (Å²) in [4.78, 5) is 13.0. The number of carbonyl (C=O) groups excluding carboxylic acids is 1. The molecule has 1 N–H and O–H groups in total. The fourth-order valence-corrected chi connectivity index (χ4v) is 4.08. The number of hydrogen-bond acceptors (Lipinski definition) is 8. The Kier molecular flexibility index (Phi) is 5.27. The first-order valence-corrected chi connectivity index (χ1v) is 10.3. The molecule has 0 radical (unpaired) electrons. The van der Waals surface area contributed by atoms with Crippen LogP contribution in [0.3, 0.4) is 0 Å². The number of benzene rings is 2. The van der Waals surface area contributed by atoms with E-state index in [4.69, 9.17) is 4.74 Å². The molecule has 28 heavy (non-hydrogen) atoms. The molecule has 4 aromatic rings. The van der Waals surface area contributed by atoms with Crippen LogP contribution in [0.15, 0.2) is 53.7 Å². The van der Waals surface area contributed by atoms with Crippen LogP contribution in [-0.4, -0.2) is 38.5 Å². The number of aromatic nitrogens is 4. The number of nitrogens with zero attached hydrogens (tertiary/aromatic N) is 4. The summed E-state index contributed by atoms with van der Waals surface area (Å²) in [6, 6.07) is 15.1. The molecule has 2 aromatic carbocycles. The first-order chi connectivity index (χ1) is 13.6. The number of fused-ring (bicyclic) bond motifs is 1. The largest absolute Gasteiger partial charge is 0.497 e. The SMILES string of the molecule is COc1ccc(Nc2nn3c(SCC(=O)c4ccc(C)cc4)nnc3s2)cc1. The van der Waals surface area contributed by atoms with Gasteiger partial charge in [0.2, 0.25) is 15.2 Å². The molecule has 0 unspecified atom stereocenters. The van der Waals surface area contributed by atoms with Crippen molar-refractivity contribution in [1.82, 2.24) is 19.8 Å². The Morgan fingerprint density at radius 3 is 2.61 bits per heavy atom. The van der Waals surface area contributed by atoms with Gasteiger partial charge in [0.1, 0.15) is 5.75 Å². The molecule has 0 saturated heterocycles. The zero-order valence-electron chi connectivity index (χ0n) is 15.2. The molecule has 142 valence electrons. The Bertz CT molecular complexity index is 1100. The lowest BCUT2D eigenvalue weighted by molar-refractivity contribution is 0.102. The average Bonchev–Trinajstić information content (AvgIpc) is 3.27. The maximum atomic E-state index is 12.4. The van der Waals surface area contributed by atoms with Crippen molar-refractivity contribution in [2.75, 3.05) is 18.2 Å². The number of carbonyl (C=O) groups is 1. The second-order valence-corrected chi connectivity index (χ2v) is 7.91. The van der Waals surface area contributed by atoms with E-state index in [1.807, 2.05) is 55.5 Å². The Balaban J connectivity index is 1.45. The smallest absolute Gasteiger partial charge is 0.237 e. The normalized spacial score (nSPS) is 10.9. The molecule has 9 heteroatoms. The lowest BCUT2D eigenvalue weighted by atomic mass is 10.1. The van der Waals surface area contributed by atoms with Gasteiger partial charge >= 0.3 is 0 Å². The van der Waals surface area contributed by atoms with E-state index in [1.165, 1.54) is 23.1 Å². The number of Topliss-reactive ketones (excluding diaryl/α,β-unsaturated/α-hetero) is 1. The van der Waals surface area contributed by atoms with Crippen molar-refractivity contribution in [3.05, 3.63) is 59.7 Å². The second-order valence-electron chi connectivity index (χ2n) is 6.02. The minimum atomic E-state index is 0.0496. The zero-order chi connectivity index (χ0) is 19.5. The van der Waals surface area contributed by atoms with Gasteiger partial charge in [0.05, 0.1) is 12.9 Å². The third-order valence-corrected chi connectivity index (χ3v) is 5.74. The maximum absolute atomic E-state index is 12.4. The number of rotatable bonds is 7. The Labute approximate surface area is 169 Å². The average molecular weight is 412 g/mol. The van der Waals surface area contributed by atoms with Crippen LogP contribution < -0.4 is 10.1 Å². The first-order valence-electron chi connectivity index (χ1n) is 8.48. The van der Waals surface area contributed by atoms with Crippen LogP contribution in [0.25, 0.3) is 4.96 Å². The van der Waals surface area contributed by atoms with Crippen molar-refractivity contribution in [1.29, 1.82) is 0 Å². The maximum Gasteiger partial charge on any atom is 0.237 e. The number of nitrogens with one attached hydrogen (secondary N) is 1. The number of ether oxygens (including phenoxy) is 1. The standard InChI is InChI=1S/C19H17N5O2S2/c1-12-3-5-13(6-4-12)16(25)11-27-18-21-22-19-24(18)23-17(28-19)20-14-7-9-15(26-2)10-8-14/h3-10H,11H2,1-2H3,(H,20,23). The zero-order valence-corrected chi connectivity index (χ0v) is 16.9. The van der Waals surface area contributed by atoms with Crippen molar-refractivity contribution in [2.45, 2.75) is 12.1 Å². The molecule has 0 aliphatic rings. The highest BCUT2D eigenvalue weighted by atomic mass is 32.2. The fraction of sp³-hybridized carbons (Fsp3) is 0.158. The van der Waals surface area contributed by atoms with Crippen LogP contribution in [0.2, 0.25) is 0 Å². The summed E-state index contributed by atoms with van der Waals surface area (Å²) in [5, 5.41) is 17.3. The van der Waals surface area contributed by atoms with Crippen molar-refractivity contribution >= 4 is 44.7 Å². The molecule has 0 aliphatic carbocycles. The molecule has 0 amide bonds. The van der Waals surface area contributed by atoms with Gasteiger partial charge in [-0.25, -0.2) is 0 Å². The Morgan fingerprint density at radius 2 is 1.89 bits per heavy atom. The van der Waals surface area contributed by atoms with Crippen molar-refractivity contribution in [2.24, 2.45) is 0 Å². The van der Waals surface area contributed by atoms with Gasteiger partial charge in [-0.05, 0) is 31.2 Å². The van der Waals surface area contributed by atoms with Crippen LogP contribution in [0.4, 0.5) is 10.8 Å². The molecule has 0 aliphatic heterocycles. The summed E-state index contributed by atoms with van der Waals surface area (Å²) >= 11 is 2.72. The van der Waals surface area contributed by atoms with Crippen LogP contribution in [-0.2, 0) is 0 Å². The Hall–Kier alpha value is -2.91. The number of methoxy groups -OCH3 is 1. The second kappa shape index (κ2) is 7.99. The van der Waals surface area contributed by atoms with E-state index in [2.05, 4.69) is 20.6 Å². The van der Waals surface area contributed by atoms with E-state index in [-0.39, 0.29) is 11.5 Å². The molecule has 0 saturated carbocycles. The van der Waals surface area contributed by atoms with Crippen LogP contribution in [0.5, 0.6) is 5.75 Å². The minimum absolute atomic E-state index is 0.0496. The van der Waals surface area contributed by atoms with E-state index in [0.717, 1.165) is 17.0 Å². The van der Waals surface area contributed by atoms with Gasteiger partial charge in [-0.3, -0.25) is 4.79 Å². The van der Waals surface area contributed by atoms with Crippen LogP contribution in [0, 0.1) is 6.92 Å². The summed E-state index contributed by atoms with van der Waals surface area (Å²) < 4.78 is 6.82. The highest BCUT2D eigenvalue weighted by Crippen LogP contribution is 2.27. The van der Waals surface area contributed by atoms with E-state index >= 15 is 0 Å². The summed E-state index contributed by atoms with van der Waals surface area (Å²) in [5.74, 6) is 1.12. The van der Waals surface area contributed by atoms with Gasteiger partial charge in [-0.2, -0.15) is 4.52 Å². The third-order valence-electron chi connectivity index (χ3n) is 4.01. The molecule has 0 spiro atoms. The van der Waals surface area contributed by atoms with Crippen molar-refractivity contribution in [3.63, 3.8) is 0 Å². The summed E-state index contributed by atoms with van der Waals surface area (Å²) in [7, 11) is 1.63. The molecule has 0 fully saturated rings. The highest BCUT2D eigenvalue weighted by molar-refractivity contribution is 7.99. The van der Waals surface area contributed by atoms with E-state index in [0.29, 0.717) is 20.8 Å². The van der Waals surface area contributed by atoms with E-state index in [1.54, 1.807) is 11.6 Å². The molecule has 2 aromatic heterocycles. The van der Waals surface area contributed by atoms with Crippen molar-refractivity contribution in [3.8, 4) is 5.75 Å². The summed E-state index contributed by atoms with van der Waals surface area (Å²) in [5.41, 5.74) is 2.72. The quantitative estimate of drug-likeness (QED) is 0.360. The Morgan fingerprint density at radius 1 is 1.14 bits per heavy atom. The van der Waals surface area contributed by atoms with Crippen LogP contribution in [0.1, 0.15) is 15.9 Å².